The van der Waals surface area contributed by atoms with Gasteiger partial charge in [-0.1, -0.05) is 30.3 Å². The Kier molecular flexibility index (Phi) is 6.30. The van der Waals surface area contributed by atoms with Crippen molar-refractivity contribution in [3.05, 3.63) is 83.4 Å². The third kappa shape index (κ3) is 5.36. The van der Waals surface area contributed by atoms with Crippen molar-refractivity contribution in [2.24, 2.45) is 0 Å². The topological polar surface area (TPSA) is 92.5 Å². The van der Waals surface area contributed by atoms with E-state index >= 15 is 0 Å². The third-order valence-corrected chi connectivity index (χ3v) is 7.38. The highest BCUT2D eigenvalue weighted by Gasteiger charge is 2.21. The number of hydrogen-bond acceptors (Lipinski definition) is 5. The Balaban J connectivity index is 1.37. The predicted octanol–water partition coefficient (Wildman–Crippen LogP) is 3.73. The van der Waals surface area contributed by atoms with Gasteiger partial charge in [-0.25, -0.2) is 8.42 Å². The monoisotopic (exact) mass is 449 g/mol. The zero-order valence-corrected chi connectivity index (χ0v) is 18.9. The van der Waals surface area contributed by atoms with Gasteiger partial charge in [0, 0.05) is 36.6 Å². The first-order valence-corrected chi connectivity index (χ1v) is 12.4. The van der Waals surface area contributed by atoms with Crippen LogP contribution >= 0.6 is 0 Å². The molecule has 3 aromatic carbocycles. The van der Waals surface area contributed by atoms with Gasteiger partial charge in [-0.15, -0.1) is 0 Å². The second-order valence-electron chi connectivity index (χ2n) is 8.23. The van der Waals surface area contributed by atoms with Crippen LogP contribution in [0.5, 0.6) is 0 Å². The minimum atomic E-state index is -2.87. The van der Waals surface area contributed by atoms with E-state index in [1.54, 1.807) is 0 Å². The van der Waals surface area contributed by atoms with Crippen LogP contribution in [0.4, 0.5) is 11.4 Å². The van der Waals surface area contributed by atoms with Gasteiger partial charge >= 0.3 is 0 Å². The third-order valence-electron chi connectivity index (χ3n) is 5.77. The Bertz CT molecular complexity index is 1210. The highest BCUT2D eigenvalue weighted by molar-refractivity contribution is 7.91. The molecular weight excluding hydrogens is 422 g/mol. The molecule has 3 N–H and O–H groups in total. The van der Waals surface area contributed by atoms with E-state index in [1.165, 1.54) is 0 Å². The fourth-order valence-electron chi connectivity index (χ4n) is 3.82. The minimum absolute atomic E-state index is 0.171. The maximum absolute atomic E-state index is 12.6. The summed E-state index contributed by atoms with van der Waals surface area (Å²) in [6.45, 7) is 3.86. The molecule has 0 spiro atoms. The number of nitrogens with one attached hydrogen (secondary N) is 1. The first-order chi connectivity index (χ1) is 15.3. The van der Waals surface area contributed by atoms with E-state index in [0.29, 0.717) is 30.9 Å². The maximum Gasteiger partial charge on any atom is 0.255 e. The summed E-state index contributed by atoms with van der Waals surface area (Å²) in [6.07, 6.45) is 0. The van der Waals surface area contributed by atoms with Crippen molar-refractivity contribution in [2.75, 3.05) is 35.6 Å². The lowest BCUT2D eigenvalue weighted by Crippen LogP contribution is -2.39. The molecule has 0 aromatic heterocycles. The molecule has 0 atom stereocenters. The van der Waals surface area contributed by atoms with Crippen LogP contribution < -0.4 is 11.1 Å². The van der Waals surface area contributed by atoms with Crippen LogP contribution in [0.3, 0.4) is 0 Å². The molecule has 0 bridgehead atoms. The molecule has 0 radical (unpaired) electrons. The van der Waals surface area contributed by atoms with Crippen LogP contribution in [-0.2, 0) is 16.4 Å². The number of anilines is 2. The lowest BCUT2D eigenvalue weighted by Gasteiger charge is -2.26. The van der Waals surface area contributed by atoms with E-state index < -0.39 is 9.84 Å². The van der Waals surface area contributed by atoms with Crippen molar-refractivity contribution < 1.29 is 13.2 Å². The van der Waals surface area contributed by atoms with Gasteiger partial charge in [0.25, 0.3) is 5.91 Å². The quantitative estimate of drug-likeness (QED) is 0.579. The first kappa shape index (κ1) is 22.0. The van der Waals surface area contributed by atoms with Crippen LogP contribution in [0.25, 0.3) is 11.1 Å². The van der Waals surface area contributed by atoms with Gasteiger partial charge in [0.15, 0.2) is 9.84 Å². The standard InChI is InChI=1S/C25H27N3O3S/c1-18-2-9-22(26)16-24(18)20-5-7-21(8-6-20)25(29)27-23-10-3-19(4-11-23)17-28-12-14-32(30,31)15-13-28/h2-11,16H,12-15,17,26H2,1H3,(H,27,29). The minimum Gasteiger partial charge on any atom is -0.399 e. The van der Waals surface area contributed by atoms with E-state index in [1.807, 2.05) is 73.7 Å². The molecule has 0 aliphatic carbocycles. The number of hydrogen-bond donors (Lipinski definition) is 2. The second kappa shape index (κ2) is 9.14. The average Bonchev–Trinajstić information content (AvgIpc) is 2.78. The smallest absolute Gasteiger partial charge is 0.255 e. The molecule has 1 saturated heterocycles. The fraction of sp³-hybridized carbons (Fsp3) is 0.240. The van der Waals surface area contributed by atoms with Crippen molar-refractivity contribution in [3.8, 4) is 11.1 Å². The zero-order chi connectivity index (χ0) is 22.7. The summed E-state index contributed by atoms with van der Waals surface area (Å²) >= 11 is 0. The molecule has 166 valence electrons. The molecule has 7 heteroatoms. The normalized spacial score (nSPS) is 15.9. The van der Waals surface area contributed by atoms with Gasteiger partial charge in [-0.05, 0) is 65.6 Å². The zero-order valence-electron chi connectivity index (χ0n) is 18.0. The molecule has 1 fully saturated rings. The van der Waals surface area contributed by atoms with E-state index in [9.17, 15) is 13.2 Å². The Hall–Kier alpha value is -3.16. The van der Waals surface area contributed by atoms with E-state index in [2.05, 4.69) is 10.2 Å². The number of benzene rings is 3. The Labute approximate surface area is 189 Å². The van der Waals surface area contributed by atoms with Gasteiger partial charge in [-0.2, -0.15) is 0 Å². The first-order valence-electron chi connectivity index (χ1n) is 10.6. The molecule has 6 nitrogen and oxygen atoms in total. The van der Waals surface area contributed by atoms with Crippen LogP contribution in [0, 0.1) is 6.92 Å². The van der Waals surface area contributed by atoms with Crippen molar-refractivity contribution in [3.63, 3.8) is 0 Å². The number of carbonyl (C=O) groups is 1. The molecule has 0 saturated carbocycles. The van der Waals surface area contributed by atoms with Crippen molar-refractivity contribution in [2.45, 2.75) is 13.5 Å². The van der Waals surface area contributed by atoms with Crippen molar-refractivity contribution >= 4 is 27.1 Å². The molecular formula is C25H27N3O3S. The molecule has 32 heavy (non-hydrogen) atoms. The summed E-state index contributed by atoms with van der Waals surface area (Å²) in [5.74, 6) is 0.267. The molecule has 3 aromatic rings. The highest BCUT2D eigenvalue weighted by atomic mass is 32.2. The predicted molar refractivity (Wildman–Crippen MR) is 129 cm³/mol. The van der Waals surface area contributed by atoms with E-state index in [0.717, 1.165) is 27.9 Å². The van der Waals surface area contributed by atoms with Gasteiger partial charge < -0.3 is 11.1 Å². The maximum atomic E-state index is 12.6. The van der Waals surface area contributed by atoms with Crippen LogP contribution in [0.2, 0.25) is 0 Å². The van der Waals surface area contributed by atoms with Crippen molar-refractivity contribution in [1.82, 2.24) is 4.90 Å². The Morgan fingerprint density at radius 1 is 0.969 bits per heavy atom. The molecule has 4 rings (SSSR count). The van der Waals surface area contributed by atoms with Gasteiger partial charge in [0.2, 0.25) is 0 Å². The summed E-state index contributed by atoms with van der Waals surface area (Å²) in [7, 11) is -2.87. The van der Waals surface area contributed by atoms with Crippen molar-refractivity contribution in [1.29, 1.82) is 0 Å². The van der Waals surface area contributed by atoms with Crippen LogP contribution in [0.1, 0.15) is 21.5 Å². The molecule has 1 heterocycles. The van der Waals surface area contributed by atoms with Gasteiger partial charge in [-0.3, -0.25) is 9.69 Å². The number of aryl methyl sites for hydroxylation is 1. The summed E-state index contributed by atoms with van der Waals surface area (Å²) in [5.41, 5.74) is 12.2. The number of sulfone groups is 1. The summed E-state index contributed by atoms with van der Waals surface area (Å²) in [4.78, 5) is 14.8. The summed E-state index contributed by atoms with van der Waals surface area (Å²) in [6, 6.07) is 21.0. The van der Waals surface area contributed by atoms with Gasteiger partial charge in [0.1, 0.15) is 0 Å². The molecule has 1 aliphatic heterocycles. The van der Waals surface area contributed by atoms with Gasteiger partial charge in [0.05, 0.1) is 11.5 Å². The molecule has 1 aliphatic rings. The SMILES string of the molecule is Cc1ccc(N)cc1-c1ccc(C(=O)Nc2ccc(CN3CCS(=O)(=O)CC3)cc2)cc1. The summed E-state index contributed by atoms with van der Waals surface area (Å²) in [5, 5.41) is 2.93. The Morgan fingerprint density at radius 2 is 1.62 bits per heavy atom. The largest absolute Gasteiger partial charge is 0.399 e. The summed E-state index contributed by atoms with van der Waals surface area (Å²) < 4.78 is 23.1. The number of amides is 1. The second-order valence-corrected chi connectivity index (χ2v) is 10.5. The number of nitrogen functional groups attached to an aromatic ring is 1. The van der Waals surface area contributed by atoms with E-state index in [4.69, 9.17) is 5.73 Å². The average molecular weight is 450 g/mol. The molecule has 0 unspecified atom stereocenters. The lowest BCUT2D eigenvalue weighted by molar-refractivity contribution is 0.102. The van der Waals surface area contributed by atoms with Crippen LogP contribution in [-0.4, -0.2) is 43.8 Å². The van der Waals surface area contributed by atoms with Crippen LogP contribution in [0.15, 0.2) is 66.7 Å². The number of rotatable bonds is 5. The number of carbonyl (C=O) groups excluding carboxylic acids is 1. The Morgan fingerprint density at radius 3 is 2.28 bits per heavy atom. The number of nitrogens with zero attached hydrogens (tertiary/aromatic N) is 1. The highest BCUT2D eigenvalue weighted by Crippen LogP contribution is 2.26. The fourth-order valence-corrected chi connectivity index (χ4v) is 5.09. The molecule has 1 amide bonds. The number of nitrogens with two attached hydrogens (primary N) is 1. The van der Waals surface area contributed by atoms with E-state index in [-0.39, 0.29) is 17.4 Å². The lowest BCUT2D eigenvalue weighted by atomic mass is 9.99.